The van der Waals surface area contributed by atoms with E-state index in [2.05, 4.69) is 9.47 Å². The van der Waals surface area contributed by atoms with E-state index in [1.54, 1.807) is 4.98 Å². The lowest BCUT2D eigenvalue weighted by Gasteiger charge is -2.32. The van der Waals surface area contributed by atoms with Crippen molar-refractivity contribution in [3.05, 3.63) is 33.1 Å². The van der Waals surface area contributed by atoms with Gasteiger partial charge in [0.05, 0.1) is 0 Å². The van der Waals surface area contributed by atoms with E-state index in [4.69, 9.17) is 9.79 Å². The maximum atomic E-state index is 13.3. The number of aliphatic hydroxyl groups excluding tert-OH is 1. The second-order valence-electron chi connectivity index (χ2n) is 4.82. The number of ether oxygens (including phenoxy) is 2. The van der Waals surface area contributed by atoms with Crippen LogP contribution < -0.4 is 11.2 Å². The number of aliphatic hydroxyl groups is 2. The predicted molar refractivity (Wildman–Crippen MR) is 70.1 cm³/mol. The number of halogens is 3. The summed E-state index contributed by atoms with van der Waals surface area (Å²) in [6, 6.07) is 0.647. The molecule has 5 N–H and O–H groups in total. The van der Waals surface area contributed by atoms with Crippen LogP contribution in [-0.4, -0.2) is 59.4 Å². The van der Waals surface area contributed by atoms with Crippen molar-refractivity contribution in [1.82, 2.24) is 9.55 Å². The lowest BCUT2D eigenvalue weighted by molar-refractivity contribution is -0.304. The third kappa shape index (κ3) is 3.31. The molecule has 0 aliphatic carbocycles. The first-order valence-corrected chi connectivity index (χ1v) is 7.47. The lowest BCUT2D eigenvalue weighted by atomic mass is 9.95. The summed E-state index contributed by atoms with van der Waals surface area (Å²) < 4.78 is 48.8. The summed E-state index contributed by atoms with van der Waals surface area (Å²) in [5.41, 5.74) is -8.29. The number of aromatic amines is 1. The van der Waals surface area contributed by atoms with Crippen LogP contribution in [-0.2, 0) is 9.47 Å². The Hall–Kier alpha value is -1.83. The molecular weight excluding hydrogens is 380 g/mol. The fourth-order valence-corrected chi connectivity index (χ4v) is 2.29. The van der Waals surface area contributed by atoms with Gasteiger partial charge in [0, 0.05) is 12.3 Å². The highest BCUT2D eigenvalue weighted by Crippen LogP contribution is 2.48. The number of hydrogen-bond donors (Lipinski definition) is 5. The molecule has 1 aromatic heterocycles. The minimum Gasteiger partial charge on any atom is -0.426 e. The van der Waals surface area contributed by atoms with E-state index < -0.39 is 55.7 Å². The van der Waals surface area contributed by atoms with Crippen LogP contribution in [0, 0.1) is 0 Å². The van der Waals surface area contributed by atoms with Crippen molar-refractivity contribution in [3.63, 3.8) is 0 Å². The van der Waals surface area contributed by atoms with Gasteiger partial charge >= 0.3 is 17.6 Å². The molecule has 0 aromatic carbocycles. The number of nitrogens with one attached hydrogen (secondary N) is 1. The summed E-state index contributed by atoms with van der Waals surface area (Å²) in [5.74, 6) is 0. The van der Waals surface area contributed by atoms with Crippen LogP contribution >= 0.6 is 8.38 Å². The Morgan fingerprint density at radius 3 is 2.48 bits per heavy atom. The van der Waals surface area contributed by atoms with Gasteiger partial charge in [-0.2, -0.15) is 13.2 Å². The first-order valence-electron chi connectivity index (χ1n) is 6.22. The van der Waals surface area contributed by atoms with Crippen molar-refractivity contribution in [3.8, 4) is 0 Å². The van der Waals surface area contributed by atoms with Crippen molar-refractivity contribution in [2.75, 3.05) is 0 Å². The summed E-state index contributed by atoms with van der Waals surface area (Å²) in [4.78, 5) is 52.7. The summed E-state index contributed by atoms with van der Waals surface area (Å²) in [6.45, 7) is 0. The smallest absolute Gasteiger partial charge is 0.424 e. The van der Waals surface area contributed by atoms with Gasteiger partial charge in [-0.05, 0) is 0 Å². The molecular formula is C10H10F3N2O9P. The number of rotatable bonds is 3. The second kappa shape index (κ2) is 6.48. The SMILES string of the molecule is O=C(O[C@H]1O[C@@H](n2ccc(=O)[nH]c2=O)[C@@](O)(C(F)(F)F)[C@@H]1O)P(O)O. The summed E-state index contributed by atoms with van der Waals surface area (Å²) >= 11 is 0. The molecule has 0 unspecified atom stereocenters. The van der Waals surface area contributed by atoms with Crippen molar-refractivity contribution in [2.24, 2.45) is 0 Å². The lowest BCUT2D eigenvalue weighted by Crippen LogP contribution is -2.58. The highest BCUT2D eigenvalue weighted by molar-refractivity contribution is 7.63. The second-order valence-corrected chi connectivity index (χ2v) is 5.76. The average Bonchev–Trinajstić information content (AvgIpc) is 2.73. The molecule has 4 atom stereocenters. The van der Waals surface area contributed by atoms with Crippen LogP contribution in [0.4, 0.5) is 18.0 Å². The van der Waals surface area contributed by atoms with Crippen molar-refractivity contribution in [1.29, 1.82) is 0 Å². The Labute approximate surface area is 135 Å². The zero-order chi connectivity index (χ0) is 19.2. The Balaban J connectivity index is 2.51. The predicted octanol–water partition coefficient (Wildman–Crippen LogP) is -1.52. The molecule has 0 radical (unpaired) electrons. The monoisotopic (exact) mass is 390 g/mol. The van der Waals surface area contributed by atoms with Crippen LogP contribution in [0.3, 0.4) is 0 Å². The van der Waals surface area contributed by atoms with Gasteiger partial charge in [-0.3, -0.25) is 14.3 Å². The average molecular weight is 390 g/mol. The Morgan fingerprint density at radius 2 is 2.00 bits per heavy atom. The van der Waals surface area contributed by atoms with Crippen LogP contribution in [0.2, 0.25) is 0 Å². The normalized spacial score (nSPS) is 29.8. The van der Waals surface area contributed by atoms with E-state index in [0.717, 1.165) is 0 Å². The fraction of sp³-hybridized carbons (Fsp3) is 0.500. The van der Waals surface area contributed by atoms with Gasteiger partial charge in [0.1, 0.15) is 0 Å². The van der Waals surface area contributed by atoms with Gasteiger partial charge in [-0.25, -0.2) is 9.59 Å². The fourth-order valence-electron chi connectivity index (χ4n) is 2.09. The van der Waals surface area contributed by atoms with E-state index >= 15 is 0 Å². The Bertz CT molecular complexity index is 778. The minimum absolute atomic E-state index is 0.118. The molecule has 25 heavy (non-hydrogen) atoms. The molecule has 1 aliphatic heterocycles. The Kier molecular flexibility index (Phi) is 5.05. The van der Waals surface area contributed by atoms with Crippen molar-refractivity contribution >= 4 is 14.1 Å². The van der Waals surface area contributed by atoms with Gasteiger partial charge < -0.3 is 29.5 Å². The van der Waals surface area contributed by atoms with Gasteiger partial charge in [0.15, 0.2) is 12.3 Å². The number of hydrogen-bond acceptors (Lipinski definition) is 9. The van der Waals surface area contributed by atoms with Crippen LogP contribution in [0.25, 0.3) is 0 Å². The number of nitrogens with zero attached hydrogens (tertiary/aromatic N) is 1. The van der Waals surface area contributed by atoms with Crippen molar-refractivity contribution in [2.45, 2.75) is 30.4 Å². The highest BCUT2D eigenvalue weighted by Gasteiger charge is 2.72. The van der Waals surface area contributed by atoms with E-state index in [-0.39, 0.29) is 4.57 Å². The molecule has 0 bridgehead atoms. The number of aromatic nitrogens is 2. The first kappa shape index (κ1) is 19.5. The highest BCUT2D eigenvalue weighted by atomic mass is 31.2. The Morgan fingerprint density at radius 1 is 1.40 bits per heavy atom. The quantitative estimate of drug-likeness (QED) is 0.384. The molecule has 11 nitrogen and oxygen atoms in total. The van der Waals surface area contributed by atoms with Gasteiger partial charge in [0.2, 0.25) is 11.9 Å². The van der Waals surface area contributed by atoms with E-state index in [1.807, 2.05) is 0 Å². The van der Waals surface area contributed by atoms with Crippen molar-refractivity contribution < 1.29 is 47.4 Å². The standard InChI is InChI=1S/C10H10F3N2O9P/c11-10(12,13)9(20)4(17)5(24-8(19)25(21)22)23-6(9)15-2-1-3(16)14-7(15)18/h1-2,4-6,17,20-22H,(H,14,16,18)/t4-,5-,6-,9-/m1/s1. The zero-order valence-corrected chi connectivity index (χ0v) is 12.6. The van der Waals surface area contributed by atoms with Crippen LogP contribution in [0.5, 0.6) is 0 Å². The molecule has 1 aromatic rings. The third-order valence-electron chi connectivity index (χ3n) is 3.29. The molecule has 1 fully saturated rings. The van der Waals surface area contributed by atoms with Crippen LogP contribution in [0.1, 0.15) is 6.23 Å². The molecule has 1 saturated heterocycles. The van der Waals surface area contributed by atoms with Gasteiger partial charge in [-0.15, -0.1) is 0 Å². The van der Waals surface area contributed by atoms with Crippen LogP contribution in [0.15, 0.2) is 21.9 Å². The minimum atomic E-state index is -5.57. The first-order chi connectivity index (χ1) is 11.4. The largest absolute Gasteiger partial charge is 0.426 e. The maximum Gasteiger partial charge on any atom is 0.424 e. The summed E-state index contributed by atoms with van der Waals surface area (Å²) in [7, 11) is -3.37. The number of carbonyl (C=O) groups excluding carboxylic acids is 1. The zero-order valence-electron chi connectivity index (χ0n) is 11.7. The molecule has 2 rings (SSSR count). The summed E-state index contributed by atoms with van der Waals surface area (Å²) in [5, 5.41) is 19.7. The molecule has 1 aliphatic rings. The third-order valence-corrected chi connectivity index (χ3v) is 3.72. The van der Waals surface area contributed by atoms with E-state index in [0.29, 0.717) is 12.3 Å². The topological polar surface area (TPSA) is 171 Å². The van der Waals surface area contributed by atoms with E-state index in [9.17, 15) is 37.8 Å². The van der Waals surface area contributed by atoms with Gasteiger partial charge in [-0.1, -0.05) is 0 Å². The van der Waals surface area contributed by atoms with E-state index in [1.165, 1.54) is 0 Å². The number of H-pyrrole nitrogens is 1. The molecule has 0 amide bonds. The number of carbonyl (C=O) groups is 1. The maximum absolute atomic E-state index is 13.3. The number of alkyl halides is 3. The molecule has 0 saturated carbocycles. The molecule has 2 heterocycles. The molecule has 0 spiro atoms. The molecule has 140 valence electrons. The summed E-state index contributed by atoms with van der Waals surface area (Å²) in [6.07, 6.45) is -13.1. The molecule has 15 heteroatoms. The van der Waals surface area contributed by atoms with Gasteiger partial charge in [0.25, 0.3) is 13.9 Å².